The second-order valence-electron chi connectivity index (χ2n) is 5.81. The number of halogens is 1. The number of aryl methyl sites for hydroxylation is 1. The molecule has 0 aliphatic heterocycles. The van der Waals surface area contributed by atoms with Gasteiger partial charge in [-0.15, -0.1) is 0 Å². The number of benzene rings is 1. The Bertz CT molecular complexity index is 827. The van der Waals surface area contributed by atoms with Gasteiger partial charge in [0.15, 0.2) is 5.65 Å². The smallest absolute Gasteiger partial charge is 0.172 e. The molecule has 0 amide bonds. The molecule has 3 aromatic rings. The number of hydrogen-bond donors (Lipinski definition) is 2. The second-order valence-corrected chi connectivity index (χ2v) is 6.66. The third kappa shape index (κ3) is 3.60. The van der Waals surface area contributed by atoms with Gasteiger partial charge in [-0.2, -0.15) is 9.61 Å². The zero-order valence-corrected chi connectivity index (χ0v) is 15.6. The van der Waals surface area contributed by atoms with Crippen molar-refractivity contribution < 1.29 is 0 Å². The van der Waals surface area contributed by atoms with Crippen LogP contribution in [0.25, 0.3) is 16.9 Å². The molecule has 3 rings (SSSR count). The van der Waals surface area contributed by atoms with Crippen LogP contribution in [0.2, 0.25) is 0 Å². The summed E-state index contributed by atoms with van der Waals surface area (Å²) in [7, 11) is 1.98. The first kappa shape index (κ1) is 16.9. The Morgan fingerprint density at radius 3 is 2.75 bits per heavy atom. The predicted octanol–water partition coefficient (Wildman–Crippen LogP) is 3.88. The molecule has 0 spiro atoms. The Kier molecular flexibility index (Phi) is 5.48. The van der Waals surface area contributed by atoms with Crippen LogP contribution in [-0.4, -0.2) is 34.7 Å². The van der Waals surface area contributed by atoms with Crippen LogP contribution in [0, 0.1) is 6.92 Å². The van der Waals surface area contributed by atoms with Gasteiger partial charge in [0.05, 0.1) is 16.4 Å². The molecule has 0 saturated carbocycles. The van der Waals surface area contributed by atoms with Gasteiger partial charge in [-0.25, -0.2) is 4.98 Å². The minimum Gasteiger partial charge on any atom is -0.370 e. The molecule has 1 aromatic carbocycles. The molecule has 2 heterocycles. The van der Waals surface area contributed by atoms with Gasteiger partial charge in [0.1, 0.15) is 5.82 Å². The molecule has 126 valence electrons. The van der Waals surface area contributed by atoms with Crippen LogP contribution < -0.4 is 10.6 Å². The van der Waals surface area contributed by atoms with Gasteiger partial charge in [-0.3, -0.25) is 0 Å². The average Bonchev–Trinajstić information content (AvgIpc) is 2.96. The number of anilines is 1. The molecule has 0 aliphatic carbocycles. The molecular weight excluding hydrogens is 366 g/mol. The lowest BCUT2D eigenvalue weighted by Gasteiger charge is -2.12. The van der Waals surface area contributed by atoms with Crippen molar-refractivity contribution in [3.8, 4) is 11.3 Å². The van der Waals surface area contributed by atoms with E-state index >= 15 is 0 Å². The Morgan fingerprint density at radius 1 is 1.17 bits per heavy atom. The second kappa shape index (κ2) is 7.77. The molecule has 0 radical (unpaired) electrons. The number of fused-ring (bicyclic) bond motifs is 1. The molecule has 2 N–H and O–H groups in total. The van der Waals surface area contributed by atoms with Crippen LogP contribution in [0.3, 0.4) is 0 Å². The molecule has 5 nitrogen and oxygen atoms in total. The van der Waals surface area contributed by atoms with E-state index in [0.717, 1.165) is 53.1 Å². The fourth-order valence-corrected chi connectivity index (χ4v) is 3.05. The number of hydrogen-bond acceptors (Lipinski definition) is 4. The number of aromatic nitrogens is 3. The Labute approximate surface area is 150 Å². The zero-order chi connectivity index (χ0) is 16.9. The largest absolute Gasteiger partial charge is 0.370 e. The number of rotatable bonds is 7. The van der Waals surface area contributed by atoms with Gasteiger partial charge in [-0.05, 0) is 54.9 Å². The van der Waals surface area contributed by atoms with Gasteiger partial charge >= 0.3 is 0 Å². The van der Waals surface area contributed by atoms with Crippen LogP contribution in [0.1, 0.15) is 18.4 Å². The summed E-state index contributed by atoms with van der Waals surface area (Å²) < 4.78 is 2.75. The van der Waals surface area contributed by atoms with E-state index in [0.29, 0.717) is 0 Å². The Hall–Kier alpha value is -1.92. The van der Waals surface area contributed by atoms with E-state index in [4.69, 9.17) is 4.98 Å². The van der Waals surface area contributed by atoms with Crippen molar-refractivity contribution in [1.82, 2.24) is 19.9 Å². The number of nitrogens with one attached hydrogen (secondary N) is 2. The highest BCUT2D eigenvalue weighted by molar-refractivity contribution is 9.10. The van der Waals surface area contributed by atoms with Gasteiger partial charge in [-0.1, -0.05) is 24.3 Å². The van der Waals surface area contributed by atoms with Crippen molar-refractivity contribution in [2.45, 2.75) is 19.8 Å². The van der Waals surface area contributed by atoms with Crippen molar-refractivity contribution in [3.63, 3.8) is 0 Å². The zero-order valence-electron chi connectivity index (χ0n) is 14.0. The molecule has 2 aromatic heterocycles. The quantitative estimate of drug-likeness (QED) is 0.604. The number of nitrogens with zero attached hydrogens (tertiary/aromatic N) is 3. The Balaban J connectivity index is 1.94. The maximum absolute atomic E-state index is 4.79. The van der Waals surface area contributed by atoms with E-state index in [2.05, 4.69) is 56.8 Å². The van der Waals surface area contributed by atoms with Crippen LogP contribution in [0.15, 0.2) is 41.0 Å². The minimum atomic E-state index is 0.827. The summed E-state index contributed by atoms with van der Waals surface area (Å²) in [6, 6.07) is 10.4. The van der Waals surface area contributed by atoms with E-state index in [9.17, 15) is 0 Å². The van der Waals surface area contributed by atoms with Crippen LogP contribution >= 0.6 is 15.9 Å². The van der Waals surface area contributed by atoms with Gasteiger partial charge in [0.25, 0.3) is 0 Å². The maximum atomic E-state index is 4.79. The van der Waals surface area contributed by atoms with E-state index in [1.54, 1.807) is 6.20 Å². The van der Waals surface area contributed by atoms with Gasteiger partial charge < -0.3 is 10.6 Å². The minimum absolute atomic E-state index is 0.827. The van der Waals surface area contributed by atoms with Crippen LogP contribution in [0.4, 0.5) is 5.82 Å². The summed E-state index contributed by atoms with van der Waals surface area (Å²) in [5.41, 5.74) is 4.14. The average molecular weight is 388 g/mol. The highest BCUT2D eigenvalue weighted by Crippen LogP contribution is 2.27. The van der Waals surface area contributed by atoms with E-state index in [1.165, 1.54) is 5.56 Å². The summed E-state index contributed by atoms with van der Waals surface area (Å²) in [5, 5.41) is 11.1. The fourth-order valence-electron chi connectivity index (χ4n) is 2.70. The van der Waals surface area contributed by atoms with Crippen molar-refractivity contribution in [1.29, 1.82) is 0 Å². The molecule has 24 heavy (non-hydrogen) atoms. The SMILES string of the molecule is CNCCCCNc1cc(-c2ccccc2C)nc2c(Br)cnn12. The van der Waals surface area contributed by atoms with Gasteiger partial charge in [0.2, 0.25) is 0 Å². The van der Waals surface area contributed by atoms with Crippen molar-refractivity contribution in [2.75, 3.05) is 25.5 Å². The first-order chi connectivity index (χ1) is 11.7. The van der Waals surface area contributed by atoms with Gasteiger partial charge in [0, 0.05) is 18.2 Å². The summed E-state index contributed by atoms with van der Waals surface area (Å²) in [5.74, 6) is 0.966. The molecule has 0 saturated heterocycles. The van der Waals surface area contributed by atoms with Crippen molar-refractivity contribution >= 4 is 27.4 Å². The molecule has 0 aliphatic rings. The first-order valence-electron chi connectivity index (χ1n) is 8.19. The predicted molar refractivity (Wildman–Crippen MR) is 103 cm³/mol. The standard InChI is InChI=1S/C18H22BrN5/c1-13-7-3-4-8-14(13)16-11-17(21-10-6-5-9-20-2)24-18(23-16)15(19)12-22-24/h3-4,7-8,11-12,20-21H,5-6,9-10H2,1-2H3. The third-order valence-corrected chi connectivity index (χ3v) is 4.57. The molecule has 6 heteroatoms. The third-order valence-electron chi connectivity index (χ3n) is 4.01. The van der Waals surface area contributed by atoms with E-state index in [1.807, 2.05) is 23.7 Å². The van der Waals surface area contributed by atoms with E-state index in [-0.39, 0.29) is 0 Å². The van der Waals surface area contributed by atoms with Crippen LogP contribution in [0.5, 0.6) is 0 Å². The lowest BCUT2D eigenvalue weighted by molar-refractivity contribution is 0.692. The van der Waals surface area contributed by atoms with Crippen molar-refractivity contribution in [2.24, 2.45) is 0 Å². The lowest BCUT2D eigenvalue weighted by atomic mass is 10.1. The summed E-state index contributed by atoms with van der Waals surface area (Å²) in [6.07, 6.45) is 4.04. The van der Waals surface area contributed by atoms with Crippen LogP contribution in [-0.2, 0) is 0 Å². The van der Waals surface area contributed by atoms with Crippen molar-refractivity contribution in [3.05, 3.63) is 46.6 Å². The monoisotopic (exact) mass is 387 g/mol. The molecule has 0 unspecified atom stereocenters. The fraction of sp³-hybridized carbons (Fsp3) is 0.333. The molecular formula is C18H22BrN5. The molecule has 0 bridgehead atoms. The summed E-state index contributed by atoms with van der Waals surface area (Å²) in [4.78, 5) is 4.79. The van der Waals surface area contributed by atoms with E-state index < -0.39 is 0 Å². The summed E-state index contributed by atoms with van der Waals surface area (Å²) >= 11 is 3.55. The highest BCUT2D eigenvalue weighted by Gasteiger charge is 2.12. The molecule has 0 atom stereocenters. The highest BCUT2D eigenvalue weighted by atomic mass is 79.9. The lowest BCUT2D eigenvalue weighted by Crippen LogP contribution is -2.12. The summed E-state index contributed by atoms with van der Waals surface area (Å²) in [6.45, 7) is 4.05. The Morgan fingerprint density at radius 2 is 1.96 bits per heavy atom. The topological polar surface area (TPSA) is 54.2 Å². The maximum Gasteiger partial charge on any atom is 0.172 e. The number of unbranched alkanes of at least 4 members (excludes halogenated alkanes) is 1. The molecule has 0 fully saturated rings. The normalized spacial score (nSPS) is 11.1. The first-order valence-corrected chi connectivity index (χ1v) is 8.99.